The first kappa shape index (κ1) is 15.5. The molecule has 2 heterocycles. The van der Waals surface area contributed by atoms with Crippen molar-refractivity contribution in [3.63, 3.8) is 0 Å². The Hall–Kier alpha value is -1.85. The molecule has 0 saturated carbocycles. The molecule has 2 amide bonds. The highest BCUT2D eigenvalue weighted by Gasteiger charge is 2.49. The van der Waals surface area contributed by atoms with E-state index in [-0.39, 0.29) is 17.7 Å². The number of aromatic nitrogens is 1. The average molecular weight is 293 g/mol. The molecule has 1 N–H and O–H groups in total. The van der Waals surface area contributed by atoms with Gasteiger partial charge in [0, 0.05) is 6.07 Å². The lowest BCUT2D eigenvalue weighted by molar-refractivity contribution is -0.158. The van der Waals surface area contributed by atoms with Crippen LogP contribution >= 0.6 is 0 Å². The molecule has 0 radical (unpaired) electrons. The van der Waals surface area contributed by atoms with Gasteiger partial charge in [0.15, 0.2) is 0 Å². The number of carbonyl (C=O) groups excluding carboxylic acids is 2. The quantitative estimate of drug-likeness (QED) is 0.897. The van der Waals surface area contributed by atoms with Crippen molar-refractivity contribution in [2.24, 2.45) is 5.92 Å². The van der Waals surface area contributed by atoms with Crippen molar-refractivity contribution in [3.05, 3.63) is 18.0 Å². The number of amides is 2. The van der Waals surface area contributed by atoms with Gasteiger partial charge in [-0.25, -0.2) is 0 Å². The number of nitrogens with one attached hydrogen (secondary N) is 1. The van der Waals surface area contributed by atoms with Crippen molar-refractivity contribution in [1.82, 2.24) is 15.4 Å². The molecule has 1 aromatic rings. The molecule has 1 atom stereocenters. The molecule has 1 unspecified atom stereocenters. The van der Waals surface area contributed by atoms with E-state index in [2.05, 4.69) is 10.5 Å². The van der Waals surface area contributed by atoms with Gasteiger partial charge < -0.3 is 14.7 Å². The first-order valence-electron chi connectivity index (χ1n) is 7.47. The normalized spacial score (nSPS) is 21.8. The number of piperazine rings is 1. The van der Waals surface area contributed by atoms with Gasteiger partial charge in [-0.2, -0.15) is 0 Å². The van der Waals surface area contributed by atoms with Crippen molar-refractivity contribution in [2.75, 3.05) is 0 Å². The smallest absolute Gasteiger partial charge is 0.249 e. The van der Waals surface area contributed by atoms with Crippen LogP contribution in [-0.2, 0) is 16.1 Å². The van der Waals surface area contributed by atoms with E-state index in [0.717, 1.165) is 0 Å². The van der Waals surface area contributed by atoms with E-state index in [1.165, 1.54) is 6.26 Å². The molecular formula is C15H23N3O3. The molecule has 1 saturated heterocycles. The third-order valence-electron chi connectivity index (χ3n) is 4.30. The standard InChI is InChI=1S/C15H23N3O3/c1-5-15(6-2)14(20)18(9-11-7-8-21-17-11)12(10(3)4)13(19)16-15/h7-8,10,12H,5-6,9H2,1-4H3,(H,16,19). The molecule has 2 rings (SSSR count). The van der Waals surface area contributed by atoms with Gasteiger partial charge in [0.1, 0.15) is 23.5 Å². The fourth-order valence-electron chi connectivity index (χ4n) is 2.96. The molecule has 1 aromatic heterocycles. The molecule has 0 aromatic carbocycles. The number of carbonyl (C=O) groups is 2. The van der Waals surface area contributed by atoms with Gasteiger partial charge >= 0.3 is 0 Å². The van der Waals surface area contributed by atoms with E-state index in [1.54, 1.807) is 11.0 Å². The van der Waals surface area contributed by atoms with Crippen LogP contribution < -0.4 is 5.32 Å². The zero-order valence-electron chi connectivity index (χ0n) is 13.0. The highest BCUT2D eigenvalue weighted by molar-refractivity contribution is 5.99. The molecule has 116 valence electrons. The molecule has 0 spiro atoms. The van der Waals surface area contributed by atoms with Gasteiger partial charge in [-0.1, -0.05) is 32.9 Å². The molecule has 1 aliphatic heterocycles. The zero-order chi connectivity index (χ0) is 15.6. The van der Waals surface area contributed by atoms with Crippen LogP contribution in [0.15, 0.2) is 16.9 Å². The van der Waals surface area contributed by atoms with Crippen LogP contribution in [0, 0.1) is 5.92 Å². The molecule has 6 heteroatoms. The van der Waals surface area contributed by atoms with Crippen LogP contribution in [0.3, 0.4) is 0 Å². The molecule has 0 bridgehead atoms. The summed E-state index contributed by atoms with van der Waals surface area (Å²) in [7, 11) is 0. The summed E-state index contributed by atoms with van der Waals surface area (Å²) in [6, 6.07) is 1.25. The summed E-state index contributed by atoms with van der Waals surface area (Å²) in [4.78, 5) is 27.1. The van der Waals surface area contributed by atoms with Gasteiger partial charge in [0.2, 0.25) is 11.8 Å². The van der Waals surface area contributed by atoms with Gasteiger partial charge in [-0.3, -0.25) is 9.59 Å². The van der Waals surface area contributed by atoms with Crippen molar-refractivity contribution >= 4 is 11.8 Å². The van der Waals surface area contributed by atoms with E-state index in [4.69, 9.17) is 4.52 Å². The molecule has 1 fully saturated rings. The van der Waals surface area contributed by atoms with Crippen LogP contribution in [0.4, 0.5) is 0 Å². The lowest BCUT2D eigenvalue weighted by Gasteiger charge is -2.46. The SMILES string of the molecule is CCC1(CC)NC(=O)C(C(C)C)N(Cc2ccon2)C1=O. The zero-order valence-corrected chi connectivity index (χ0v) is 13.0. The Morgan fingerprint density at radius 2 is 2.05 bits per heavy atom. The summed E-state index contributed by atoms with van der Waals surface area (Å²) in [5.41, 5.74) is -0.142. The van der Waals surface area contributed by atoms with Crippen molar-refractivity contribution < 1.29 is 14.1 Å². The lowest BCUT2D eigenvalue weighted by atomic mass is 9.85. The minimum absolute atomic E-state index is 0.0335. The van der Waals surface area contributed by atoms with Crippen LogP contribution in [0.1, 0.15) is 46.2 Å². The number of nitrogens with zero attached hydrogens (tertiary/aromatic N) is 2. The summed E-state index contributed by atoms with van der Waals surface area (Å²) in [5, 5.41) is 6.81. The Morgan fingerprint density at radius 1 is 1.38 bits per heavy atom. The maximum Gasteiger partial charge on any atom is 0.249 e. The summed E-state index contributed by atoms with van der Waals surface area (Å²) < 4.78 is 4.83. The highest BCUT2D eigenvalue weighted by Crippen LogP contribution is 2.28. The third kappa shape index (κ3) is 2.66. The average Bonchev–Trinajstić information content (AvgIpc) is 2.95. The predicted molar refractivity (Wildman–Crippen MR) is 77.1 cm³/mol. The maximum absolute atomic E-state index is 12.9. The first-order valence-corrected chi connectivity index (χ1v) is 7.47. The van der Waals surface area contributed by atoms with Crippen LogP contribution in [0.25, 0.3) is 0 Å². The predicted octanol–water partition coefficient (Wildman–Crippen LogP) is 1.72. The van der Waals surface area contributed by atoms with Crippen molar-refractivity contribution in [2.45, 2.75) is 58.7 Å². The second-order valence-corrected chi connectivity index (χ2v) is 5.89. The minimum atomic E-state index is -0.799. The van der Waals surface area contributed by atoms with E-state index >= 15 is 0 Å². The summed E-state index contributed by atoms with van der Waals surface area (Å²) in [6.45, 7) is 8.03. The summed E-state index contributed by atoms with van der Waals surface area (Å²) in [5.74, 6) is -0.0850. The Balaban J connectivity index is 2.37. The highest BCUT2D eigenvalue weighted by atomic mass is 16.5. The second-order valence-electron chi connectivity index (χ2n) is 5.89. The maximum atomic E-state index is 12.9. The number of hydrogen-bond donors (Lipinski definition) is 1. The molecule has 0 aliphatic carbocycles. The Morgan fingerprint density at radius 3 is 2.52 bits per heavy atom. The van der Waals surface area contributed by atoms with Gasteiger partial charge in [-0.05, 0) is 18.8 Å². The largest absolute Gasteiger partial charge is 0.364 e. The fourth-order valence-corrected chi connectivity index (χ4v) is 2.96. The van der Waals surface area contributed by atoms with Gasteiger partial charge in [0.05, 0.1) is 6.54 Å². The van der Waals surface area contributed by atoms with Crippen molar-refractivity contribution in [1.29, 1.82) is 0 Å². The number of hydrogen-bond acceptors (Lipinski definition) is 4. The first-order chi connectivity index (χ1) is 9.95. The lowest BCUT2D eigenvalue weighted by Crippen LogP contribution is -2.70. The molecule has 1 aliphatic rings. The number of rotatable bonds is 5. The third-order valence-corrected chi connectivity index (χ3v) is 4.30. The van der Waals surface area contributed by atoms with Crippen LogP contribution in [0.5, 0.6) is 0 Å². The second kappa shape index (κ2) is 5.87. The van der Waals surface area contributed by atoms with Crippen LogP contribution in [-0.4, -0.2) is 33.5 Å². The Labute approximate surface area is 124 Å². The van der Waals surface area contributed by atoms with E-state index in [1.807, 2.05) is 27.7 Å². The molecular weight excluding hydrogens is 270 g/mol. The molecule has 21 heavy (non-hydrogen) atoms. The summed E-state index contributed by atoms with van der Waals surface area (Å²) >= 11 is 0. The topological polar surface area (TPSA) is 75.4 Å². The summed E-state index contributed by atoms with van der Waals surface area (Å²) in [6.07, 6.45) is 2.63. The van der Waals surface area contributed by atoms with Gasteiger partial charge in [-0.15, -0.1) is 0 Å². The van der Waals surface area contributed by atoms with Gasteiger partial charge in [0.25, 0.3) is 0 Å². The Bertz CT molecular complexity index is 506. The van der Waals surface area contributed by atoms with E-state index in [9.17, 15) is 9.59 Å². The minimum Gasteiger partial charge on any atom is -0.364 e. The monoisotopic (exact) mass is 293 g/mol. The van der Waals surface area contributed by atoms with Crippen molar-refractivity contribution in [3.8, 4) is 0 Å². The fraction of sp³-hybridized carbons (Fsp3) is 0.667. The van der Waals surface area contributed by atoms with Crippen LogP contribution in [0.2, 0.25) is 0 Å². The van der Waals surface area contributed by atoms with E-state index < -0.39 is 11.6 Å². The molecule has 6 nitrogen and oxygen atoms in total. The van der Waals surface area contributed by atoms with E-state index in [0.29, 0.717) is 25.1 Å². The Kier molecular flexibility index (Phi) is 4.34.